The van der Waals surface area contributed by atoms with E-state index in [0.717, 1.165) is 5.56 Å². The van der Waals surface area contributed by atoms with Gasteiger partial charge in [-0.1, -0.05) is 24.3 Å². The van der Waals surface area contributed by atoms with E-state index in [1.165, 1.54) is 18.2 Å². The molecule has 0 unspecified atom stereocenters. The van der Waals surface area contributed by atoms with Gasteiger partial charge in [-0.2, -0.15) is 0 Å². The zero-order valence-electron chi connectivity index (χ0n) is 11.3. The first-order valence-corrected chi connectivity index (χ1v) is 6.45. The van der Waals surface area contributed by atoms with E-state index in [1.54, 1.807) is 12.1 Å². The Kier molecular flexibility index (Phi) is 4.90. The highest BCUT2D eigenvalue weighted by molar-refractivity contribution is 5.88. The third kappa shape index (κ3) is 3.79. The lowest BCUT2D eigenvalue weighted by atomic mass is 10.1. The number of halogens is 1. The van der Waals surface area contributed by atoms with Crippen molar-refractivity contribution in [1.29, 1.82) is 0 Å². The maximum absolute atomic E-state index is 13.9. The molecule has 0 fully saturated rings. The molecule has 0 heterocycles. The number of carbonyl (C=O) groups is 1. The van der Waals surface area contributed by atoms with Crippen LogP contribution in [0.1, 0.15) is 21.5 Å². The van der Waals surface area contributed by atoms with Gasteiger partial charge in [0.2, 0.25) is 0 Å². The maximum atomic E-state index is 13.9. The molecule has 0 aliphatic carbocycles. The maximum Gasteiger partial charge on any atom is 0.338 e. The Labute approximate surface area is 121 Å². The van der Waals surface area contributed by atoms with Crippen molar-refractivity contribution in [2.24, 2.45) is 0 Å². The summed E-state index contributed by atoms with van der Waals surface area (Å²) in [6.07, 6.45) is 0.565. The van der Waals surface area contributed by atoms with Gasteiger partial charge in [0.1, 0.15) is 18.2 Å². The monoisotopic (exact) mass is 290 g/mol. The van der Waals surface area contributed by atoms with E-state index >= 15 is 0 Å². The van der Waals surface area contributed by atoms with E-state index in [1.807, 2.05) is 12.1 Å². The van der Waals surface area contributed by atoms with Crippen LogP contribution >= 0.6 is 0 Å². The van der Waals surface area contributed by atoms with Crippen LogP contribution in [0.25, 0.3) is 0 Å². The molecule has 5 heteroatoms. The molecule has 21 heavy (non-hydrogen) atoms. The Morgan fingerprint density at radius 3 is 2.48 bits per heavy atom. The molecule has 110 valence electrons. The van der Waals surface area contributed by atoms with Crippen LogP contribution in [0, 0.1) is 5.82 Å². The molecule has 0 bridgehead atoms. The van der Waals surface area contributed by atoms with Crippen LogP contribution in [0.4, 0.5) is 4.39 Å². The van der Waals surface area contributed by atoms with Crippen molar-refractivity contribution in [2.45, 2.75) is 13.0 Å². The summed E-state index contributed by atoms with van der Waals surface area (Å²) >= 11 is 0. The molecular formula is C16H15FO4. The summed E-state index contributed by atoms with van der Waals surface area (Å²) in [5, 5.41) is 17.7. The molecule has 0 atom stereocenters. The largest absolute Gasteiger partial charge is 0.489 e. The van der Waals surface area contributed by atoms with E-state index in [2.05, 4.69) is 0 Å². The summed E-state index contributed by atoms with van der Waals surface area (Å²) in [5.74, 6) is -1.53. The Morgan fingerprint density at radius 1 is 1.14 bits per heavy atom. The highest BCUT2D eigenvalue weighted by Crippen LogP contribution is 2.18. The number of aliphatic hydroxyl groups is 1. The van der Waals surface area contributed by atoms with Crippen LogP contribution in [0.15, 0.2) is 42.5 Å². The van der Waals surface area contributed by atoms with Crippen molar-refractivity contribution in [1.82, 2.24) is 0 Å². The van der Waals surface area contributed by atoms with Gasteiger partial charge in [-0.05, 0) is 30.2 Å². The van der Waals surface area contributed by atoms with Crippen LogP contribution in [-0.2, 0) is 13.0 Å². The number of rotatable bonds is 6. The molecule has 0 amide bonds. The highest BCUT2D eigenvalue weighted by atomic mass is 19.1. The van der Waals surface area contributed by atoms with Gasteiger partial charge in [-0.15, -0.1) is 0 Å². The average molecular weight is 290 g/mol. The molecule has 2 aromatic rings. The second kappa shape index (κ2) is 6.85. The normalized spacial score (nSPS) is 10.4. The Bertz CT molecular complexity index is 623. The first-order valence-electron chi connectivity index (χ1n) is 6.45. The van der Waals surface area contributed by atoms with Crippen molar-refractivity contribution in [2.75, 3.05) is 6.61 Å². The van der Waals surface area contributed by atoms with Crippen LogP contribution in [0.3, 0.4) is 0 Å². The zero-order chi connectivity index (χ0) is 15.2. The number of hydrogen-bond donors (Lipinski definition) is 2. The lowest BCUT2D eigenvalue weighted by molar-refractivity contribution is 0.0691. The Morgan fingerprint density at radius 2 is 1.86 bits per heavy atom. The lowest BCUT2D eigenvalue weighted by Gasteiger charge is -2.09. The van der Waals surface area contributed by atoms with Crippen LogP contribution in [0.5, 0.6) is 5.75 Å². The van der Waals surface area contributed by atoms with Crippen LogP contribution in [-0.4, -0.2) is 22.8 Å². The SMILES string of the molecule is O=C(O)c1cccc(COc2ccc(CCO)cc2)c1F. The second-order valence-electron chi connectivity index (χ2n) is 4.49. The van der Waals surface area contributed by atoms with Gasteiger partial charge in [0, 0.05) is 12.2 Å². The van der Waals surface area contributed by atoms with Gasteiger partial charge >= 0.3 is 5.97 Å². The van der Waals surface area contributed by atoms with Gasteiger partial charge in [-0.25, -0.2) is 9.18 Å². The van der Waals surface area contributed by atoms with E-state index in [-0.39, 0.29) is 24.3 Å². The van der Waals surface area contributed by atoms with E-state index < -0.39 is 11.8 Å². The molecule has 0 spiro atoms. The summed E-state index contributed by atoms with van der Waals surface area (Å²) < 4.78 is 19.3. The smallest absolute Gasteiger partial charge is 0.338 e. The van der Waals surface area contributed by atoms with Crippen LogP contribution < -0.4 is 4.74 Å². The Hall–Kier alpha value is -2.40. The summed E-state index contributed by atoms with van der Waals surface area (Å²) in [6.45, 7) is 0.0275. The number of benzene rings is 2. The minimum Gasteiger partial charge on any atom is -0.489 e. The zero-order valence-corrected chi connectivity index (χ0v) is 11.3. The molecule has 4 nitrogen and oxygen atoms in total. The lowest BCUT2D eigenvalue weighted by Crippen LogP contribution is -2.06. The molecule has 0 aliphatic rings. The minimum atomic E-state index is -1.30. The fourth-order valence-electron chi connectivity index (χ4n) is 1.90. The van der Waals surface area contributed by atoms with Gasteiger partial charge in [0.15, 0.2) is 0 Å². The Balaban J connectivity index is 2.06. The number of aromatic carboxylic acids is 1. The van der Waals surface area contributed by atoms with Crippen molar-refractivity contribution in [3.05, 3.63) is 65.0 Å². The van der Waals surface area contributed by atoms with Crippen molar-refractivity contribution < 1.29 is 24.1 Å². The molecule has 2 rings (SSSR count). The third-order valence-electron chi connectivity index (χ3n) is 3.03. The molecule has 0 saturated heterocycles. The fraction of sp³-hybridized carbons (Fsp3) is 0.188. The number of hydrogen-bond acceptors (Lipinski definition) is 3. The highest BCUT2D eigenvalue weighted by Gasteiger charge is 2.13. The summed E-state index contributed by atoms with van der Waals surface area (Å²) in [7, 11) is 0. The predicted octanol–water partition coefficient (Wildman–Crippen LogP) is 2.64. The van der Waals surface area contributed by atoms with Crippen molar-refractivity contribution in [3.8, 4) is 5.75 Å². The van der Waals surface area contributed by atoms with Gasteiger partial charge < -0.3 is 14.9 Å². The van der Waals surface area contributed by atoms with Crippen molar-refractivity contribution in [3.63, 3.8) is 0 Å². The predicted molar refractivity (Wildman–Crippen MR) is 74.9 cm³/mol. The minimum absolute atomic E-state index is 0.0493. The molecular weight excluding hydrogens is 275 g/mol. The van der Waals surface area contributed by atoms with Gasteiger partial charge in [0.25, 0.3) is 0 Å². The molecule has 0 aromatic heterocycles. The fourth-order valence-corrected chi connectivity index (χ4v) is 1.90. The first-order chi connectivity index (χ1) is 10.1. The van der Waals surface area contributed by atoms with Crippen LogP contribution in [0.2, 0.25) is 0 Å². The number of ether oxygens (including phenoxy) is 1. The summed E-state index contributed by atoms with van der Waals surface area (Å²) in [6, 6.07) is 11.3. The third-order valence-corrected chi connectivity index (χ3v) is 3.03. The molecule has 0 radical (unpaired) electrons. The molecule has 2 N–H and O–H groups in total. The standard InChI is InChI=1S/C16H15FO4/c17-15-12(2-1-3-14(15)16(19)20)10-21-13-6-4-11(5-7-13)8-9-18/h1-7,18H,8-10H2,(H,19,20). The first kappa shape index (κ1) is 15.0. The van der Waals surface area contributed by atoms with E-state index in [4.69, 9.17) is 14.9 Å². The molecule has 0 aliphatic heterocycles. The van der Waals surface area contributed by atoms with E-state index in [0.29, 0.717) is 12.2 Å². The number of carboxylic acid groups (broad SMARTS) is 1. The number of carboxylic acids is 1. The van der Waals surface area contributed by atoms with Gasteiger partial charge in [-0.3, -0.25) is 0 Å². The summed E-state index contributed by atoms with van der Waals surface area (Å²) in [4.78, 5) is 10.8. The van der Waals surface area contributed by atoms with Gasteiger partial charge in [0.05, 0.1) is 5.56 Å². The quantitative estimate of drug-likeness (QED) is 0.858. The van der Waals surface area contributed by atoms with Crippen molar-refractivity contribution >= 4 is 5.97 Å². The molecule has 2 aromatic carbocycles. The average Bonchev–Trinajstić information content (AvgIpc) is 2.48. The molecule has 0 saturated carbocycles. The number of aliphatic hydroxyl groups excluding tert-OH is 1. The second-order valence-corrected chi connectivity index (χ2v) is 4.49. The summed E-state index contributed by atoms with van der Waals surface area (Å²) in [5.41, 5.74) is 0.799. The topological polar surface area (TPSA) is 66.8 Å². The van der Waals surface area contributed by atoms with E-state index in [9.17, 15) is 9.18 Å².